The summed E-state index contributed by atoms with van der Waals surface area (Å²) in [6.45, 7) is 0.212. The van der Waals surface area contributed by atoms with E-state index in [0.717, 1.165) is 0 Å². The van der Waals surface area contributed by atoms with Gasteiger partial charge in [-0.05, 0) is 6.42 Å². The molecule has 0 aliphatic heterocycles. The Morgan fingerprint density at radius 3 is 2.40 bits per heavy atom. The van der Waals surface area contributed by atoms with Crippen LogP contribution in [0.4, 0.5) is 0 Å². The van der Waals surface area contributed by atoms with E-state index in [1.54, 1.807) is 5.75 Å². The third-order valence-electron chi connectivity index (χ3n) is 0.258. The summed E-state index contributed by atoms with van der Waals surface area (Å²) in [6, 6.07) is 0. The van der Waals surface area contributed by atoms with Crippen molar-refractivity contribution in [1.82, 2.24) is 0 Å². The monoisotopic (exact) mass is 91.0 g/mol. The van der Waals surface area contributed by atoms with Gasteiger partial charge in [0.2, 0.25) is 0 Å². The van der Waals surface area contributed by atoms with Crippen molar-refractivity contribution in [2.45, 2.75) is 6.42 Å². The maximum Gasteiger partial charge on any atom is 0.0441 e. The second kappa shape index (κ2) is 4.31. The molecular formula is C3H7OS. The van der Waals surface area contributed by atoms with E-state index in [9.17, 15) is 0 Å². The van der Waals surface area contributed by atoms with Gasteiger partial charge in [-0.1, -0.05) is 0 Å². The summed E-state index contributed by atoms with van der Waals surface area (Å²) >= 11 is 3.72. The van der Waals surface area contributed by atoms with E-state index >= 15 is 0 Å². The van der Waals surface area contributed by atoms with Crippen LogP contribution >= 0.6 is 12.6 Å². The van der Waals surface area contributed by atoms with Crippen molar-refractivity contribution >= 4 is 12.6 Å². The summed E-state index contributed by atoms with van der Waals surface area (Å²) in [4.78, 5) is 0. The normalized spacial score (nSPS) is 8.40. The van der Waals surface area contributed by atoms with E-state index in [4.69, 9.17) is 5.11 Å². The van der Waals surface area contributed by atoms with Gasteiger partial charge < -0.3 is 5.11 Å². The topological polar surface area (TPSA) is 20.2 Å². The van der Waals surface area contributed by atoms with Crippen molar-refractivity contribution in [1.29, 1.82) is 0 Å². The SMILES string of the molecule is OCC[CH]S. The first kappa shape index (κ1) is 5.31. The molecule has 0 saturated carbocycles. The predicted molar refractivity (Wildman–Crippen MR) is 25.0 cm³/mol. The first-order chi connectivity index (χ1) is 2.41. The van der Waals surface area contributed by atoms with Crippen molar-refractivity contribution in [2.24, 2.45) is 0 Å². The smallest absolute Gasteiger partial charge is 0.0441 e. The summed E-state index contributed by atoms with van der Waals surface area (Å²) in [5.74, 6) is 1.62. The van der Waals surface area contributed by atoms with Gasteiger partial charge in [0.25, 0.3) is 0 Å². The molecular weight excluding hydrogens is 84.1 g/mol. The quantitative estimate of drug-likeness (QED) is 0.473. The number of hydrogen-bond acceptors (Lipinski definition) is 2. The molecule has 0 aliphatic carbocycles. The molecule has 31 valence electrons. The first-order valence-corrected chi connectivity index (χ1v) is 2.00. The Kier molecular flexibility index (Phi) is 4.58. The molecule has 0 rings (SSSR count). The van der Waals surface area contributed by atoms with Crippen LogP contribution in [0.25, 0.3) is 0 Å². The fourth-order valence-corrected chi connectivity index (χ4v) is 0.173. The summed E-state index contributed by atoms with van der Waals surface area (Å²) in [6.07, 6.45) is 0.684. The molecule has 5 heavy (non-hydrogen) atoms. The second-order valence-corrected chi connectivity index (χ2v) is 1.06. The molecule has 1 N–H and O–H groups in total. The Hall–Kier alpha value is 0.310. The second-order valence-electron chi connectivity index (χ2n) is 0.695. The summed E-state index contributed by atoms with van der Waals surface area (Å²) < 4.78 is 0. The average molecular weight is 91.2 g/mol. The highest BCUT2D eigenvalue weighted by Crippen LogP contribution is 1.85. The van der Waals surface area contributed by atoms with Gasteiger partial charge in [0, 0.05) is 12.4 Å². The van der Waals surface area contributed by atoms with Gasteiger partial charge in [0.15, 0.2) is 0 Å². The Labute approximate surface area is 37.4 Å². The van der Waals surface area contributed by atoms with Gasteiger partial charge in [-0.2, -0.15) is 12.6 Å². The molecule has 0 spiro atoms. The van der Waals surface area contributed by atoms with E-state index in [1.165, 1.54) is 0 Å². The van der Waals surface area contributed by atoms with Gasteiger partial charge in [0.05, 0.1) is 0 Å². The summed E-state index contributed by atoms with van der Waals surface area (Å²) in [5, 5.41) is 7.99. The molecule has 1 nitrogen and oxygen atoms in total. The highest BCUT2D eigenvalue weighted by molar-refractivity contribution is 7.82. The Balaban J connectivity index is 2.19. The number of thiol groups is 1. The highest BCUT2D eigenvalue weighted by Gasteiger charge is 1.70. The molecule has 0 aromatic heterocycles. The van der Waals surface area contributed by atoms with Crippen LogP contribution in [-0.4, -0.2) is 11.7 Å². The standard InChI is InChI=1S/C3H7OS/c4-2-1-3-5/h3-5H,1-2H2. The van der Waals surface area contributed by atoms with Crippen LogP contribution in [0, 0.1) is 5.75 Å². The number of rotatable bonds is 2. The Morgan fingerprint density at radius 1 is 1.80 bits per heavy atom. The van der Waals surface area contributed by atoms with Gasteiger partial charge in [0.1, 0.15) is 0 Å². The van der Waals surface area contributed by atoms with E-state index < -0.39 is 0 Å². The van der Waals surface area contributed by atoms with Crippen LogP contribution in [0.1, 0.15) is 6.42 Å². The van der Waals surface area contributed by atoms with Crippen molar-refractivity contribution in [3.05, 3.63) is 5.75 Å². The first-order valence-electron chi connectivity index (χ1n) is 1.48. The van der Waals surface area contributed by atoms with Gasteiger partial charge in [-0.25, -0.2) is 0 Å². The third-order valence-corrected chi connectivity index (χ3v) is 0.516. The predicted octanol–water partition coefficient (Wildman–Crippen LogP) is 0.460. The molecule has 0 atom stereocenters. The minimum absolute atomic E-state index is 0.212. The minimum atomic E-state index is 0.212. The largest absolute Gasteiger partial charge is 0.396 e. The van der Waals surface area contributed by atoms with Gasteiger partial charge >= 0.3 is 0 Å². The van der Waals surface area contributed by atoms with E-state index in [2.05, 4.69) is 12.6 Å². The maximum absolute atomic E-state index is 7.99. The summed E-state index contributed by atoms with van der Waals surface area (Å²) in [5.41, 5.74) is 0. The zero-order valence-corrected chi connectivity index (χ0v) is 3.78. The van der Waals surface area contributed by atoms with Gasteiger partial charge in [-0.15, -0.1) is 0 Å². The molecule has 0 fully saturated rings. The van der Waals surface area contributed by atoms with Crippen molar-refractivity contribution in [3.8, 4) is 0 Å². The molecule has 0 amide bonds. The van der Waals surface area contributed by atoms with Crippen molar-refractivity contribution in [2.75, 3.05) is 6.61 Å². The third kappa shape index (κ3) is 4.31. The molecule has 0 aliphatic rings. The van der Waals surface area contributed by atoms with Crippen LogP contribution in [0.2, 0.25) is 0 Å². The van der Waals surface area contributed by atoms with Crippen LogP contribution in [-0.2, 0) is 0 Å². The number of aliphatic hydroxyl groups is 1. The Morgan fingerprint density at radius 2 is 2.40 bits per heavy atom. The van der Waals surface area contributed by atoms with Crippen LogP contribution in [0.5, 0.6) is 0 Å². The maximum atomic E-state index is 7.99. The molecule has 0 unspecified atom stereocenters. The lowest BCUT2D eigenvalue weighted by atomic mass is 10.5. The van der Waals surface area contributed by atoms with Gasteiger partial charge in [-0.3, -0.25) is 0 Å². The number of aliphatic hydroxyl groups excluding tert-OH is 1. The number of hydrogen-bond donors (Lipinski definition) is 2. The lowest BCUT2D eigenvalue weighted by Crippen LogP contribution is -1.74. The average Bonchev–Trinajstić information content (AvgIpc) is 1.41. The van der Waals surface area contributed by atoms with Crippen LogP contribution < -0.4 is 0 Å². The van der Waals surface area contributed by atoms with Crippen molar-refractivity contribution < 1.29 is 5.11 Å². The zero-order valence-electron chi connectivity index (χ0n) is 2.89. The molecule has 2 heteroatoms. The highest BCUT2D eigenvalue weighted by atomic mass is 32.1. The van der Waals surface area contributed by atoms with Crippen LogP contribution in [0.3, 0.4) is 0 Å². The molecule has 0 saturated heterocycles. The zero-order chi connectivity index (χ0) is 4.12. The van der Waals surface area contributed by atoms with E-state index in [1.807, 2.05) is 0 Å². The van der Waals surface area contributed by atoms with E-state index in [-0.39, 0.29) is 6.61 Å². The molecule has 0 heterocycles. The lowest BCUT2D eigenvalue weighted by molar-refractivity contribution is 0.301. The molecule has 1 radical (unpaired) electrons. The van der Waals surface area contributed by atoms with Crippen molar-refractivity contribution in [3.63, 3.8) is 0 Å². The molecule has 0 aromatic rings. The molecule has 0 bridgehead atoms. The molecule has 0 aromatic carbocycles. The summed E-state index contributed by atoms with van der Waals surface area (Å²) in [7, 11) is 0. The fraction of sp³-hybridized carbons (Fsp3) is 0.667. The lowest BCUT2D eigenvalue weighted by Gasteiger charge is -1.78. The minimum Gasteiger partial charge on any atom is -0.396 e. The Bertz CT molecular complexity index is 14.4. The fourth-order valence-electron chi connectivity index (χ4n) is 0.0577. The van der Waals surface area contributed by atoms with Crippen LogP contribution in [0.15, 0.2) is 0 Å². The van der Waals surface area contributed by atoms with E-state index in [0.29, 0.717) is 6.42 Å².